The Balaban J connectivity index is 2.00. The predicted octanol–water partition coefficient (Wildman–Crippen LogP) is 3.67. The van der Waals surface area contributed by atoms with Crippen LogP contribution in [0.3, 0.4) is 0 Å². The summed E-state index contributed by atoms with van der Waals surface area (Å²) in [4.78, 5) is 4.29. The summed E-state index contributed by atoms with van der Waals surface area (Å²) in [6.07, 6.45) is 1.81. The highest BCUT2D eigenvalue weighted by atomic mass is 16.5. The van der Waals surface area contributed by atoms with Gasteiger partial charge in [-0.2, -0.15) is 0 Å². The minimum atomic E-state index is 0.834. The maximum Gasteiger partial charge on any atom is 0.130 e. The van der Waals surface area contributed by atoms with Gasteiger partial charge in [0.2, 0.25) is 0 Å². The van der Waals surface area contributed by atoms with Crippen LogP contribution in [-0.4, -0.2) is 9.55 Å². The normalized spacial score (nSPS) is 10.8. The second-order valence-electron chi connectivity index (χ2n) is 4.37. The van der Waals surface area contributed by atoms with Gasteiger partial charge in [-0.05, 0) is 30.7 Å². The van der Waals surface area contributed by atoms with Crippen molar-refractivity contribution in [1.82, 2.24) is 9.55 Å². The Morgan fingerprint density at radius 3 is 2.78 bits per heavy atom. The number of benzene rings is 2. The number of rotatable bonds is 2. The molecule has 0 saturated carbocycles. The lowest BCUT2D eigenvalue weighted by Crippen LogP contribution is -1.88. The second kappa shape index (κ2) is 4.18. The van der Waals surface area contributed by atoms with Crippen LogP contribution in [0.5, 0.6) is 11.5 Å². The molecule has 3 aromatic rings. The van der Waals surface area contributed by atoms with Crippen molar-refractivity contribution in [3.8, 4) is 11.5 Å². The lowest BCUT2D eigenvalue weighted by atomic mass is 10.2. The average Bonchev–Trinajstić information content (AvgIpc) is 2.74. The fourth-order valence-corrected chi connectivity index (χ4v) is 1.97. The summed E-state index contributed by atoms with van der Waals surface area (Å²) in [5.74, 6) is 1.72. The first-order valence-corrected chi connectivity index (χ1v) is 5.88. The molecule has 0 aliphatic rings. The molecule has 0 bridgehead atoms. The third-order valence-corrected chi connectivity index (χ3v) is 3.02. The fourth-order valence-electron chi connectivity index (χ4n) is 1.97. The van der Waals surface area contributed by atoms with E-state index in [1.807, 2.05) is 67.3 Å². The molecule has 1 heterocycles. The fraction of sp³-hybridized carbons (Fsp3) is 0.133. The van der Waals surface area contributed by atoms with Crippen LogP contribution in [0.2, 0.25) is 0 Å². The van der Waals surface area contributed by atoms with Crippen LogP contribution in [0.15, 0.2) is 48.8 Å². The molecule has 0 spiro atoms. The number of para-hydroxylation sites is 1. The van der Waals surface area contributed by atoms with Gasteiger partial charge in [-0.3, -0.25) is 0 Å². The van der Waals surface area contributed by atoms with Crippen molar-refractivity contribution in [2.24, 2.45) is 7.05 Å². The summed E-state index contributed by atoms with van der Waals surface area (Å²) in [6.45, 7) is 2.04. The van der Waals surface area contributed by atoms with Crippen LogP contribution in [0, 0.1) is 6.92 Å². The van der Waals surface area contributed by atoms with Gasteiger partial charge in [-0.25, -0.2) is 4.98 Å². The van der Waals surface area contributed by atoms with Crippen molar-refractivity contribution in [2.45, 2.75) is 6.92 Å². The molecule has 3 heteroatoms. The molecule has 1 aromatic heterocycles. The van der Waals surface area contributed by atoms with Gasteiger partial charge in [0, 0.05) is 13.1 Å². The molecule has 3 rings (SSSR count). The highest BCUT2D eigenvalue weighted by Crippen LogP contribution is 2.27. The van der Waals surface area contributed by atoms with Crippen molar-refractivity contribution in [3.05, 3.63) is 54.4 Å². The standard InChI is InChI=1S/C15H14N2O/c1-11-5-3-4-6-15(11)18-12-7-8-13-14(9-12)17(2)10-16-13/h3-10H,1-2H3. The zero-order valence-electron chi connectivity index (χ0n) is 10.4. The van der Waals surface area contributed by atoms with Crippen molar-refractivity contribution < 1.29 is 4.74 Å². The largest absolute Gasteiger partial charge is 0.457 e. The van der Waals surface area contributed by atoms with E-state index in [-0.39, 0.29) is 0 Å². The summed E-state index contributed by atoms with van der Waals surface area (Å²) < 4.78 is 7.89. The molecule has 0 radical (unpaired) electrons. The minimum Gasteiger partial charge on any atom is -0.457 e. The SMILES string of the molecule is Cc1ccccc1Oc1ccc2ncn(C)c2c1. The monoisotopic (exact) mass is 238 g/mol. The quantitative estimate of drug-likeness (QED) is 0.681. The second-order valence-corrected chi connectivity index (χ2v) is 4.37. The molecule has 0 fully saturated rings. The molecular weight excluding hydrogens is 224 g/mol. The number of imidazole rings is 1. The van der Waals surface area contributed by atoms with Crippen LogP contribution < -0.4 is 4.74 Å². The van der Waals surface area contributed by atoms with E-state index < -0.39 is 0 Å². The molecular formula is C15H14N2O. The van der Waals surface area contributed by atoms with E-state index in [0.717, 1.165) is 28.1 Å². The first kappa shape index (κ1) is 10.8. The molecule has 18 heavy (non-hydrogen) atoms. The molecule has 3 nitrogen and oxygen atoms in total. The van der Waals surface area contributed by atoms with Gasteiger partial charge in [0.15, 0.2) is 0 Å². The van der Waals surface area contributed by atoms with E-state index in [4.69, 9.17) is 4.74 Å². The lowest BCUT2D eigenvalue weighted by Gasteiger charge is -2.08. The Bertz CT molecular complexity index is 701. The number of nitrogens with zero attached hydrogens (tertiary/aromatic N) is 2. The minimum absolute atomic E-state index is 0.834. The molecule has 0 amide bonds. The van der Waals surface area contributed by atoms with Crippen LogP contribution in [0.1, 0.15) is 5.56 Å². The number of hydrogen-bond donors (Lipinski definition) is 0. The average molecular weight is 238 g/mol. The summed E-state index contributed by atoms with van der Waals surface area (Å²) in [6, 6.07) is 13.9. The number of aromatic nitrogens is 2. The highest BCUT2D eigenvalue weighted by Gasteiger charge is 2.04. The van der Waals surface area contributed by atoms with Gasteiger partial charge < -0.3 is 9.30 Å². The van der Waals surface area contributed by atoms with Crippen molar-refractivity contribution in [2.75, 3.05) is 0 Å². The van der Waals surface area contributed by atoms with Gasteiger partial charge in [0.1, 0.15) is 11.5 Å². The molecule has 2 aromatic carbocycles. The van der Waals surface area contributed by atoms with Gasteiger partial charge >= 0.3 is 0 Å². The molecule has 0 aliphatic carbocycles. The zero-order valence-corrected chi connectivity index (χ0v) is 10.4. The van der Waals surface area contributed by atoms with E-state index in [9.17, 15) is 0 Å². The maximum absolute atomic E-state index is 5.90. The van der Waals surface area contributed by atoms with Gasteiger partial charge in [-0.1, -0.05) is 18.2 Å². The van der Waals surface area contributed by atoms with Crippen LogP contribution >= 0.6 is 0 Å². The molecule has 0 saturated heterocycles. The van der Waals surface area contributed by atoms with E-state index >= 15 is 0 Å². The Kier molecular flexibility index (Phi) is 2.52. The summed E-state index contributed by atoms with van der Waals surface area (Å²) in [7, 11) is 1.98. The lowest BCUT2D eigenvalue weighted by molar-refractivity contribution is 0.479. The highest BCUT2D eigenvalue weighted by molar-refractivity contribution is 5.77. The topological polar surface area (TPSA) is 27.1 Å². The predicted molar refractivity (Wildman–Crippen MR) is 72.0 cm³/mol. The van der Waals surface area contributed by atoms with Crippen LogP contribution in [-0.2, 0) is 7.05 Å². The Morgan fingerprint density at radius 1 is 1.11 bits per heavy atom. The summed E-state index contributed by atoms with van der Waals surface area (Å²) in [5.41, 5.74) is 3.18. The zero-order chi connectivity index (χ0) is 12.5. The van der Waals surface area contributed by atoms with E-state index in [1.165, 1.54) is 0 Å². The van der Waals surface area contributed by atoms with E-state index in [2.05, 4.69) is 4.98 Å². The molecule has 0 unspecified atom stereocenters. The first-order valence-electron chi connectivity index (χ1n) is 5.88. The molecule has 0 aliphatic heterocycles. The van der Waals surface area contributed by atoms with E-state index in [0.29, 0.717) is 0 Å². The van der Waals surface area contributed by atoms with Crippen molar-refractivity contribution in [1.29, 1.82) is 0 Å². The van der Waals surface area contributed by atoms with Gasteiger partial charge in [0.05, 0.1) is 17.4 Å². The summed E-state index contributed by atoms with van der Waals surface area (Å²) in [5, 5.41) is 0. The maximum atomic E-state index is 5.90. The first-order chi connectivity index (χ1) is 8.74. The van der Waals surface area contributed by atoms with Gasteiger partial charge in [-0.15, -0.1) is 0 Å². The smallest absolute Gasteiger partial charge is 0.130 e. The molecule has 90 valence electrons. The third-order valence-electron chi connectivity index (χ3n) is 3.02. The third kappa shape index (κ3) is 1.84. The van der Waals surface area contributed by atoms with Crippen LogP contribution in [0.25, 0.3) is 11.0 Å². The van der Waals surface area contributed by atoms with Crippen molar-refractivity contribution in [3.63, 3.8) is 0 Å². The number of ether oxygens (including phenoxy) is 1. The van der Waals surface area contributed by atoms with Crippen LogP contribution in [0.4, 0.5) is 0 Å². The molecule has 0 atom stereocenters. The Hall–Kier alpha value is -2.29. The number of hydrogen-bond acceptors (Lipinski definition) is 2. The Morgan fingerprint density at radius 2 is 1.94 bits per heavy atom. The number of fused-ring (bicyclic) bond motifs is 1. The summed E-state index contributed by atoms with van der Waals surface area (Å²) >= 11 is 0. The Labute approximate surface area is 106 Å². The number of aryl methyl sites for hydroxylation is 2. The van der Waals surface area contributed by atoms with Crippen molar-refractivity contribution >= 4 is 11.0 Å². The van der Waals surface area contributed by atoms with Gasteiger partial charge in [0.25, 0.3) is 0 Å². The molecule has 0 N–H and O–H groups in total. The van der Waals surface area contributed by atoms with E-state index in [1.54, 1.807) is 0 Å².